The van der Waals surface area contributed by atoms with Gasteiger partial charge in [-0.3, -0.25) is 0 Å². The smallest absolute Gasteiger partial charge is 0.161 e. The highest BCUT2D eigenvalue weighted by molar-refractivity contribution is 6.36. The first-order chi connectivity index (χ1) is 6.20. The monoisotopic (exact) mass is 189 g/mol. The largest absolute Gasteiger partial charge is 0.246 e. The molecular weight excluding hydrogens is 180 g/mol. The van der Waals surface area contributed by atoms with Gasteiger partial charge in [-0.05, 0) is 13.8 Å². The van der Waals surface area contributed by atoms with Crippen molar-refractivity contribution >= 4 is 26.6 Å². The van der Waals surface area contributed by atoms with Gasteiger partial charge in [0.2, 0.25) is 0 Å². The predicted molar refractivity (Wildman–Crippen MR) is 51.1 cm³/mol. The second-order valence-corrected chi connectivity index (χ2v) is 3.62. The van der Waals surface area contributed by atoms with Crippen LogP contribution in [0, 0.1) is 0 Å². The number of hydrogen-bond donors (Lipinski definition) is 0. The fraction of sp³-hybridized carbons (Fsp3) is 0.375. The minimum Gasteiger partial charge on any atom is -0.246 e. The molecule has 0 aromatic carbocycles. The molecule has 65 valence electrons. The molecule has 2 aromatic rings. The van der Waals surface area contributed by atoms with Crippen molar-refractivity contribution in [3.8, 4) is 0 Å². The van der Waals surface area contributed by atoms with Crippen molar-refractivity contribution in [1.82, 2.24) is 19.7 Å². The van der Waals surface area contributed by atoms with Crippen LogP contribution >= 0.6 is 0 Å². The number of fused-ring (bicyclic) bond motifs is 1. The van der Waals surface area contributed by atoms with E-state index < -0.39 is 0 Å². The van der Waals surface area contributed by atoms with Gasteiger partial charge in [-0.1, -0.05) is 0 Å². The van der Waals surface area contributed by atoms with Crippen molar-refractivity contribution in [2.75, 3.05) is 0 Å². The average molecular weight is 189 g/mol. The lowest BCUT2D eigenvalue weighted by Crippen LogP contribution is -2.10. The van der Waals surface area contributed by atoms with E-state index in [1.807, 2.05) is 4.68 Å². The van der Waals surface area contributed by atoms with Gasteiger partial charge >= 0.3 is 0 Å². The molecule has 0 bridgehead atoms. The van der Waals surface area contributed by atoms with Gasteiger partial charge < -0.3 is 0 Å². The maximum atomic E-state index is 4.24. The van der Waals surface area contributed by atoms with Gasteiger partial charge in [0, 0.05) is 11.4 Å². The van der Waals surface area contributed by atoms with E-state index in [4.69, 9.17) is 0 Å². The molecule has 0 aliphatic rings. The maximum absolute atomic E-state index is 4.24. The molecule has 0 aliphatic carbocycles. The Morgan fingerprint density at radius 3 is 2.85 bits per heavy atom. The van der Waals surface area contributed by atoms with E-state index in [2.05, 4.69) is 39.2 Å². The van der Waals surface area contributed by atoms with Crippen LogP contribution in [-0.2, 0) is 0 Å². The van der Waals surface area contributed by atoms with Crippen LogP contribution in [0.4, 0.5) is 0 Å². The summed E-state index contributed by atoms with van der Waals surface area (Å²) in [5.74, 6) is 0. The molecule has 0 N–H and O–H groups in total. The zero-order valence-corrected chi connectivity index (χ0v) is 8.52. The van der Waals surface area contributed by atoms with Crippen molar-refractivity contribution in [2.45, 2.75) is 19.9 Å². The fourth-order valence-electron chi connectivity index (χ4n) is 1.24. The Kier molecular flexibility index (Phi) is 1.88. The zero-order chi connectivity index (χ0) is 9.42. The first kappa shape index (κ1) is 8.37. The first-order valence-electron chi connectivity index (χ1n) is 4.10. The SMILES string of the molecule is CC(C)n1ncc2c([Si])ncnc21. The van der Waals surface area contributed by atoms with E-state index in [1.165, 1.54) is 6.33 Å². The summed E-state index contributed by atoms with van der Waals surface area (Å²) in [6.07, 6.45) is 3.31. The summed E-state index contributed by atoms with van der Waals surface area (Å²) in [5, 5.41) is 5.98. The topological polar surface area (TPSA) is 43.6 Å². The fourth-order valence-corrected chi connectivity index (χ4v) is 1.47. The molecule has 0 saturated heterocycles. The summed E-state index contributed by atoms with van der Waals surface area (Å²) in [4.78, 5) is 8.21. The van der Waals surface area contributed by atoms with Crippen LogP contribution in [0.15, 0.2) is 12.5 Å². The van der Waals surface area contributed by atoms with Crippen LogP contribution in [0.25, 0.3) is 11.0 Å². The van der Waals surface area contributed by atoms with Gasteiger partial charge in [-0.25, -0.2) is 14.6 Å². The van der Waals surface area contributed by atoms with Crippen molar-refractivity contribution in [3.05, 3.63) is 12.5 Å². The molecule has 0 spiro atoms. The summed E-state index contributed by atoms with van der Waals surface area (Å²) in [7, 11) is 3.41. The Balaban J connectivity index is 2.75. The van der Waals surface area contributed by atoms with Gasteiger partial charge in [0.15, 0.2) is 5.65 Å². The molecule has 3 radical (unpaired) electrons. The van der Waals surface area contributed by atoms with E-state index in [1.54, 1.807) is 6.20 Å². The van der Waals surface area contributed by atoms with Crippen LogP contribution in [-0.4, -0.2) is 30.0 Å². The van der Waals surface area contributed by atoms with E-state index in [0.717, 1.165) is 16.4 Å². The summed E-state index contributed by atoms with van der Waals surface area (Å²) in [5.41, 5.74) is 0.870. The van der Waals surface area contributed by atoms with Crippen LogP contribution in [0.2, 0.25) is 0 Å². The minimum absolute atomic E-state index is 0.318. The number of rotatable bonds is 1. The number of hydrogen-bond acceptors (Lipinski definition) is 3. The quantitative estimate of drug-likeness (QED) is 0.602. The highest BCUT2D eigenvalue weighted by atomic mass is 28.1. The molecule has 0 unspecified atom stereocenters. The van der Waals surface area contributed by atoms with Gasteiger partial charge in [-0.2, -0.15) is 5.10 Å². The van der Waals surface area contributed by atoms with Gasteiger partial charge in [0.25, 0.3) is 0 Å². The van der Waals surface area contributed by atoms with Gasteiger partial charge in [0.1, 0.15) is 16.6 Å². The molecule has 0 aliphatic heterocycles. The lowest BCUT2D eigenvalue weighted by molar-refractivity contribution is 0.546. The van der Waals surface area contributed by atoms with Crippen molar-refractivity contribution in [1.29, 1.82) is 0 Å². The predicted octanol–water partition coefficient (Wildman–Crippen LogP) is 0.201. The average Bonchev–Trinajstić information content (AvgIpc) is 2.48. The van der Waals surface area contributed by atoms with Crippen molar-refractivity contribution < 1.29 is 0 Å². The Bertz CT molecular complexity index is 435. The third-order valence-corrected chi connectivity index (χ3v) is 2.28. The standard InChI is InChI=1S/C8H9N4Si/c1-5(2)12-7-6(3-11-12)8(13)10-4-9-7/h3-5H,1-2H3. The molecule has 0 saturated carbocycles. The van der Waals surface area contributed by atoms with Gasteiger partial charge in [-0.15, -0.1) is 0 Å². The molecule has 0 atom stereocenters. The normalized spacial score (nSPS) is 11.4. The maximum Gasteiger partial charge on any atom is 0.161 e. The molecule has 0 fully saturated rings. The Morgan fingerprint density at radius 2 is 2.15 bits per heavy atom. The second kappa shape index (κ2) is 2.92. The van der Waals surface area contributed by atoms with Crippen LogP contribution in [0.3, 0.4) is 0 Å². The molecule has 4 nitrogen and oxygen atoms in total. The Morgan fingerprint density at radius 1 is 1.38 bits per heavy atom. The van der Waals surface area contributed by atoms with E-state index in [-0.39, 0.29) is 0 Å². The number of nitrogens with zero attached hydrogens (tertiary/aromatic N) is 4. The lowest BCUT2D eigenvalue weighted by atomic mass is 10.4. The molecule has 13 heavy (non-hydrogen) atoms. The molecule has 5 heteroatoms. The van der Waals surface area contributed by atoms with E-state index in [9.17, 15) is 0 Å². The molecule has 2 rings (SSSR count). The number of aromatic nitrogens is 4. The third kappa shape index (κ3) is 1.25. The molecule has 0 amide bonds. The summed E-state index contributed by atoms with van der Waals surface area (Å²) in [6.45, 7) is 4.14. The highest BCUT2D eigenvalue weighted by Gasteiger charge is 2.08. The van der Waals surface area contributed by atoms with Crippen LogP contribution in [0.1, 0.15) is 19.9 Å². The van der Waals surface area contributed by atoms with E-state index in [0.29, 0.717) is 6.04 Å². The van der Waals surface area contributed by atoms with Crippen LogP contribution in [0.5, 0.6) is 0 Å². The third-order valence-electron chi connectivity index (χ3n) is 1.88. The van der Waals surface area contributed by atoms with E-state index >= 15 is 0 Å². The van der Waals surface area contributed by atoms with Crippen molar-refractivity contribution in [2.24, 2.45) is 0 Å². The molecule has 2 heterocycles. The first-order valence-corrected chi connectivity index (χ1v) is 4.60. The lowest BCUT2D eigenvalue weighted by Gasteiger charge is -2.05. The van der Waals surface area contributed by atoms with Crippen molar-refractivity contribution in [3.63, 3.8) is 0 Å². The summed E-state index contributed by atoms with van der Waals surface area (Å²) < 4.78 is 1.88. The minimum atomic E-state index is 0.318. The molecular formula is C8H9N4Si. The highest BCUT2D eigenvalue weighted by Crippen LogP contribution is 2.11. The Labute approximate surface area is 79.4 Å². The summed E-state index contributed by atoms with van der Waals surface area (Å²) >= 11 is 0. The zero-order valence-electron chi connectivity index (χ0n) is 7.52. The van der Waals surface area contributed by atoms with Crippen LogP contribution < -0.4 is 5.32 Å². The Hall–Kier alpha value is -1.23. The summed E-state index contributed by atoms with van der Waals surface area (Å²) in [6, 6.07) is 0.318. The second-order valence-electron chi connectivity index (χ2n) is 3.14. The molecule has 2 aromatic heterocycles. The van der Waals surface area contributed by atoms with Gasteiger partial charge in [0.05, 0.1) is 11.6 Å².